The molecule has 0 aliphatic rings. The number of carboxylic acids is 1. The van der Waals surface area contributed by atoms with Crippen LogP contribution in [0.25, 0.3) is 0 Å². The van der Waals surface area contributed by atoms with Crippen LogP contribution in [0, 0.1) is 0 Å². The predicted octanol–water partition coefficient (Wildman–Crippen LogP) is 1.59. The van der Waals surface area contributed by atoms with Crippen LogP contribution in [0.2, 0.25) is 0 Å². The number of amides is 1. The van der Waals surface area contributed by atoms with Crippen molar-refractivity contribution in [3.05, 3.63) is 30.9 Å². The number of aromatic nitrogens is 2. The average molecular weight is 295 g/mol. The number of alkyl carbamates (subject to hydrolysis) is 1. The molecular weight excluding hydrogens is 274 g/mol. The first-order chi connectivity index (χ1) is 9.71. The number of nitrogens with one attached hydrogen (secondary N) is 1. The second kappa shape index (κ2) is 6.92. The molecule has 2 N–H and O–H groups in total. The highest BCUT2D eigenvalue weighted by molar-refractivity contribution is 5.80. The molecule has 1 rings (SSSR count). The van der Waals surface area contributed by atoms with Crippen molar-refractivity contribution in [3.8, 4) is 0 Å². The van der Waals surface area contributed by atoms with Gasteiger partial charge in [-0.1, -0.05) is 6.08 Å². The van der Waals surface area contributed by atoms with Crippen LogP contribution >= 0.6 is 0 Å². The molecule has 7 heteroatoms. The molecule has 0 aliphatic heterocycles. The van der Waals surface area contributed by atoms with Gasteiger partial charge in [-0.3, -0.25) is 0 Å². The second-order valence-corrected chi connectivity index (χ2v) is 5.59. The standard InChI is InChI=1S/C14H21N3O4/c1-5-6-17-8-10(15-9-17)7-11(12(18)19)16-13(20)21-14(2,3)4/h5,8-9,11H,1,6-7H2,2-4H3,(H,16,20)(H,18,19)/t11-/m0/s1. The van der Waals surface area contributed by atoms with E-state index < -0.39 is 23.7 Å². The van der Waals surface area contributed by atoms with Crippen LogP contribution in [0.15, 0.2) is 25.2 Å². The number of imidazole rings is 1. The molecule has 7 nitrogen and oxygen atoms in total. The minimum atomic E-state index is -1.14. The lowest BCUT2D eigenvalue weighted by Crippen LogP contribution is -2.44. The summed E-state index contributed by atoms with van der Waals surface area (Å²) < 4.78 is 6.82. The third kappa shape index (κ3) is 6.11. The summed E-state index contributed by atoms with van der Waals surface area (Å²) in [6.45, 7) is 9.32. The normalized spacial score (nSPS) is 12.5. The zero-order chi connectivity index (χ0) is 16.0. The molecule has 0 aliphatic carbocycles. The summed E-state index contributed by atoms with van der Waals surface area (Å²) in [6.07, 6.45) is 4.33. The lowest BCUT2D eigenvalue weighted by atomic mass is 10.1. The van der Waals surface area contributed by atoms with Gasteiger partial charge in [0, 0.05) is 19.2 Å². The van der Waals surface area contributed by atoms with Crippen LogP contribution in [0.5, 0.6) is 0 Å². The fraction of sp³-hybridized carbons (Fsp3) is 0.500. The molecule has 1 heterocycles. The first-order valence-electron chi connectivity index (χ1n) is 6.55. The van der Waals surface area contributed by atoms with Crippen LogP contribution in [0.1, 0.15) is 26.5 Å². The van der Waals surface area contributed by atoms with E-state index >= 15 is 0 Å². The highest BCUT2D eigenvalue weighted by atomic mass is 16.6. The molecule has 0 unspecified atom stereocenters. The van der Waals surface area contributed by atoms with E-state index in [0.29, 0.717) is 12.2 Å². The number of carbonyl (C=O) groups excluding carboxylic acids is 1. The summed E-state index contributed by atoms with van der Waals surface area (Å²) >= 11 is 0. The van der Waals surface area contributed by atoms with Gasteiger partial charge in [-0.2, -0.15) is 0 Å². The first kappa shape index (κ1) is 16.7. The van der Waals surface area contributed by atoms with Gasteiger partial charge >= 0.3 is 12.1 Å². The molecule has 1 amide bonds. The van der Waals surface area contributed by atoms with Gasteiger partial charge in [-0.15, -0.1) is 6.58 Å². The molecule has 0 aromatic carbocycles. The Balaban J connectivity index is 2.67. The van der Waals surface area contributed by atoms with Gasteiger partial charge in [0.2, 0.25) is 0 Å². The van der Waals surface area contributed by atoms with Gasteiger partial charge in [-0.25, -0.2) is 14.6 Å². The topological polar surface area (TPSA) is 93.5 Å². The quantitative estimate of drug-likeness (QED) is 0.777. The third-order valence-electron chi connectivity index (χ3n) is 2.43. The summed E-state index contributed by atoms with van der Waals surface area (Å²) in [6, 6.07) is -1.09. The molecule has 0 bridgehead atoms. The molecule has 21 heavy (non-hydrogen) atoms. The molecule has 0 saturated heterocycles. The van der Waals surface area contributed by atoms with Gasteiger partial charge in [0.05, 0.1) is 12.0 Å². The van der Waals surface area contributed by atoms with Crippen molar-refractivity contribution in [2.24, 2.45) is 0 Å². The Morgan fingerprint density at radius 1 is 1.57 bits per heavy atom. The highest BCUT2D eigenvalue weighted by Gasteiger charge is 2.24. The van der Waals surface area contributed by atoms with E-state index in [4.69, 9.17) is 4.74 Å². The summed E-state index contributed by atoms with van der Waals surface area (Å²) in [5.74, 6) is -1.14. The number of rotatable bonds is 6. The Kier molecular flexibility index (Phi) is 5.52. The zero-order valence-corrected chi connectivity index (χ0v) is 12.5. The SMILES string of the molecule is C=CCn1cnc(C[C@H](NC(=O)OC(C)(C)C)C(=O)O)c1. The summed E-state index contributed by atoms with van der Waals surface area (Å²) in [4.78, 5) is 27.0. The Hall–Kier alpha value is -2.31. The Morgan fingerprint density at radius 2 is 2.24 bits per heavy atom. The maximum absolute atomic E-state index is 11.6. The molecule has 0 radical (unpaired) electrons. The number of nitrogens with zero attached hydrogens (tertiary/aromatic N) is 2. The van der Waals surface area contributed by atoms with Gasteiger partial charge in [0.25, 0.3) is 0 Å². The van der Waals surface area contributed by atoms with Crippen molar-refractivity contribution in [3.63, 3.8) is 0 Å². The van der Waals surface area contributed by atoms with Crippen LogP contribution < -0.4 is 5.32 Å². The number of aliphatic carboxylic acids is 1. The minimum Gasteiger partial charge on any atom is -0.480 e. The second-order valence-electron chi connectivity index (χ2n) is 5.59. The summed E-state index contributed by atoms with van der Waals surface area (Å²) in [7, 11) is 0. The van der Waals surface area contributed by atoms with E-state index in [1.807, 2.05) is 0 Å². The van der Waals surface area contributed by atoms with E-state index in [1.165, 1.54) is 0 Å². The first-order valence-corrected chi connectivity index (χ1v) is 6.55. The number of hydrogen-bond donors (Lipinski definition) is 2. The maximum Gasteiger partial charge on any atom is 0.408 e. The Bertz CT molecular complexity index is 517. The molecular formula is C14H21N3O4. The lowest BCUT2D eigenvalue weighted by Gasteiger charge is -2.21. The molecule has 0 fully saturated rings. The maximum atomic E-state index is 11.6. The number of allylic oxidation sites excluding steroid dienone is 1. The van der Waals surface area contributed by atoms with Crippen molar-refractivity contribution in [1.29, 1.82) is 0 Å². The van der Waals surface area contributed by atoms with Crippen molar-refractivity contribution in [2.45, 2.75) is 45.4 Å². The summed E-state index contributed by atoms with van der Waals surface area (Å²) in [5.41, 5.74) is -0.112. The fourth-order valence-electron chi connectivity index (χ4n) is 1.62. The van der Waals surface area contributed by atoms with Gasteiger partial charge in [0.15, 0.2) is 0 Å². The van der Waals surface area contributed by atoms with Crippen LogP contribution in [0.3, 0.4) is 0 Å². The number of carbonyl (C=O) groups is 2. The molecule has 0 spiro atoms. The average Bonchev–Trinajstić information content (AvgIpc) is 2.73. The van der Waals surface area contributed by atoms with Gasteiger partial charge in [-0.05, 0) is 20.8 Å². The predicted molar refractivity (Wildman–Crippen MR) is 76.9 cm³/mol. The minimum absolute atomic E-state index is 0.0821. The van der Waals surface area contributed by atoms with E-state index in [2.05, 4.69) is 16.9 Å². The van der Waals surface area contributed by atoms with E-state index in [9.17, 15) is 14.7 Å². The Labute approximate surface area is 123 Å². The third-order valence-corrected chi connectivity index (χ3v) is 2.43. The van der Waals surface area contributed by atoms with Crippen LogP contribution in [-0.4, -0.2) is 38.4 Å². The monoisotopic (exact) mass is 295 g/mol. The number of hydrogen-bond acceptors (Lipinski definition) is 4. The van der Waals surface area contributed by atoms with Crippen LogP contribution in [0.4, 0.5) is 4.79 Å². The largest absolute Gasteiger partial charge is 0.480 e. The van der Waals surface area contributed by atoms with Gasteiger partial charge in [0.1, 0.15) is 11.6 Å². The number of ether oxygens (including phenoxy) is 1. The fourth-order valence-corrected chi connectivity index (χ4v) is 1.62. The van der Waals surface area contributed by atoms with Crippen LogP contribution in [-0.2, 0) is 22.5 Å². The van der Waals surface area contributed by atoms with Gasteiger partial charge < -0.3 is 19.7 Å². The molecule has 116 valence electrons. The summed E-state index contributed by atoms with van der Waals surface area (Å²) in [5, 5.41) is 11.5. The molecule has 1 atom stereocenters. The van der Waals surface area contributed by atoms with E-state index in [1.54, 1.807) is 43.9 Å². The molecule has 1 aromatic heterocycles. The zero-order valence-electron chi connectivity index (χ0n) is 12.5. The molecule has 0 saturated carbocycles. The lowest BCUT2D eigenvalue weighted by molar-refractivity contribution is -0.139. The molecule has 1 aromatic rings. The highest BCUT2D eigenvalue weighted by Crippen LogP contribution is 2.08. The number of carboxylic acid groups (broad SMARTS) is 1. The Morgan fingerprint density at radius 3 is 2.76 bits per heavy atom. The van der Waals surface area contributed by atoms with E-state index in [-0.39, 0.29) is 6.42 Å². The van der Waals surface area contributed by atoms with Crippen molar-refractivity contribution < 1.29 is 19.4 Å². The van der Waals surface area contributed by atoms with E-state index in [0.717, 1.165) is 0 Å². The smallest absolute Gasteiger partial charge is 0.408 e. The van der Waals surface area contributed by atoms with Crippen molar-refractivity contribution in [2.75, 3.05) is 0 Å². The van der Waals surface area contributed by atoms with Crippen molar-refractivity contribution in [1.82, 2.24) is 14.9 Å². The van der Waals surface area contributed by atoms with Crippen molar-refractivity contribution >= 4 is 12.1 Å².